The first-order valence-corrected chi connectivity index (χ1v) is 6.99. The van der Waals surface area contributed by atoms with Crippen LogP contribution in [-0.4, -0.2) is 23.6 Å². The fraction of sp³-hybridized carbons (Fsp3) is 0.700. The molecule has 84 valence electrons. The smallest absolute Gasteiger partial charge is 0.186 e. The number of hydrogen-bond donors (Lipinski definition) is 1. The Hall–Kier alpha value is -0.130. The number of piperidine rings is 1. The van der Waals surface area contributed by atoms with E-state index in [4.69, 9.17) is 5.73 Å². The number of thiazole rings is 1. The molecule has 1 aromatic rings. The Labute approximate surface area is 103 Å². The zero-order valence-electron chi connectivity index (χ0n) is 8.82. The number of rotatable bonds is 2. The van der Waals surface area contributed by atoms with Crippen LogP contribution in [0.4, 0.5) is 5.13 Å². The van der Waals surface area contributed by atoms with Crippen molar-refractivity contribution in [3.8, 4) is 0 Å². The fourth-order valence-corrected chi connectivity index (χ4v) is 3.45. The molecule has 2 atom stereocenters. The minimum atomic E-state index is 0.216. The molecule has 0 aliphatic carbocycles. The highest BCUT2D eigenvalue weighted by Crippen LogP contribution is 2.30. The first-order valence-electron chi connectivity index (χ1n) is 5.31. The summed E-state index contributed by atoms with van der Waals surface area (Å²) in [6.07, 6.45) is 3.73. The van der Waals surface area contributed by atoms with Crippen LogP contribution < -0.4 is 10.6 Å². The molecule has 2 heterocycles. The van der Waals surface area contributed by atoms with Crippen molar-refractivity contribution in [1.29, 1.82) is 0 Å². The minimum absolute atomic E-state index is 0.216. The molecule has 2 rings (SSSR count). The Kier molecular flexibility index (Phi) is 3.64. The van der Waals surface area contributed by atoms with Crippen LogP contribution in [0.25, 0.3) is 0 Å². The highest BCUT2D eigenvalue weighted by atomic mass is 79.9. The first kappa shape index (κ1) is 11.4. The van der Waals surface area contributed by atoms with Crippen LogP contribution in [0.3, 0.4) is 0 Å². The molecule has 5 heteroatoms. The molecule has 0 radical (unpaired) electrons. The summed E-state index contributed by atoms with van der Waals surface area (Å²) >= 11 is 5.09. The highest BCUT2D eigenvalue weighted by molar-refractivity contribution is 9.10. The molecule has 1 fully saturated rings. The third kappa shape index (κ3) is 2.52. The van der Waals surface area contributed by atoms with Crippen molar-refractivity contribution >= 4 is 32.4 Å². The number of aromatic nitrogens is 1. The fourth-order valence-electron chi connectivity index (χ4n) is 2.12. The molecule has 3 nitrogen and oxygen atoms in total. The normalized spacial score (nSPS) is 24.2. The van der Waals surface area contributed by atoms with E-state index < -0.39 is 0 Å². The van der Waals surface area contributed by atoms with Gasteiger partial charge in [0, 0.05) is 24.0 Å². The molecule has 0 bridgehead atoms. The van der Waals surface area contributed by atoms with Crippen molar-refractivity contribution in [2.24, 2.45) is 5.73 Å². The maximum absolute atomic E-state index is 6.03. The van der Waals surface area contributed by atoms with E-state index in [1.807, 2.05) is 5.38 Å². The standard InChI is InChI=1S/C10H16BrN3S/c1-7(12)8-4-2-3-5-14(8)10-13-9(11)6-15-10/h6-8H,2-5,12H2,1H3. The van der Waals surface area contributed by atoms with Gasteiger partial charge in [0.1, 0.15) is 4.60 Å². The van der Waals surface area contributed by atoms with E-state index in [0.29, 0.717) is 6.04 Å². The van der Waals surface area contributed by atoms with Crippen LogP contribution in [0, 0.1) is 0 Å². The van der Waals surface area contributed by atoms with E-state index in [9.17, 15) is 0 Å². The minimum Gasteiger partial charge on any atom is -0.344 e. The van der Waals surface area contributed by atoms with E-state index in [0.717, 1.165) is 16.3 Å². The molecular weight excluding hydrogens is 274 g/mol. The van der Waals surface area contributed by atoms with Crippen LogP contribution >= 0.6 is 27.3 Å². The number of nitrogens with two attached hydrogens (primary N) is 1. The lowest BCUT2D eigenvalue weighted by molar-refractivity contribution is 0.413. The summed E-state index contributed by atoms with van der Waals surface area (Å²) < 4.78 is 0.927. The highest BCUT2D eigenvalue weighted by Gasteiger charge is 2.27. The Balaban J connectivity index is 2.17. The van der Waals surface area contributed by atoms with E-state index in [-0.39, 0.29) is 6.04 Å². The SMILES string of the molecule is CC(N)C1CCCCN1c1nc(Br)cs1. The molecule has 1 aliphatic heterocycles. The van der Waals surface area contributed by atoms with Gasteiger partial charge in [0.25, 0.3) is 0 Å². The van der Waals surface area contributed by atoms with Gasteiger partial charge in [0.05, 0.1) is 0 Å². The van der Waals surface area contributed by atoms with Gasteiger partial charge in [-0.05, 0) is 42.1 Å². The van der Waals surface area contributed by atoms with Crippen molar-refractivity contribution in [3.63, 3.8) is 0 Å². The second-order valence-electron chi connectivity index (χ2n) is 4.07. The van der Waals surface area contributed by atoms with E-state index >= 15 is 0 Å². The summed E-state index contributed by atoms with van der Waals surface area (Å²) in [4.78, 5) is 6.84. The van der Waals surface area contributed by atoms with Crippen molar-refractivity contribution in [1.82, 2.24) is 4.98 Å². The average molecular weight is 290 g/mol. The predicted molar refractivity (Wildman–Crippen MR) is 68.4 cm³/mol. The van der Waals surface area contributed by atoms with Crippen LogP contribution in [0.2, 0.25) is 0 Å². The second-order valence-corrected chi connectivity index (χ2v) is 5.72. The van der Waals surface area contributed by atoms with E-state index in [2.05, 4.69) is 32.7 Å². The van der Waals surface area contributed by atoms with Crippen LogP contribution in [0.5, 0.6) is 0 Å². The maximum atomic E-state index is 6.03. The van der Waals surface area contributed by atoms with E-state index in [1.165, 1.54) is 19.3 Å². The average Bonchev–Trinajstić information content (AvgIpc) is 2.65. The summed E-state index contributed by atoms with van der Waals surface area (Å²) in [7, 11) is 0. The number of anilines is 1. The van der Waals surface area contributed by atoms with Gasteiger partial charge in [-0.1, -0.05) is 0 Å². The molecule has 0 aromatic carbocycles. The third-order valence-electron chi connectivity index (χ3n) is 2.87. The first-order chi connectivity index (χ1) is 7.18. The second kappa shape index (κ2) is 4.80. The van der Waals surface area contributed by atoms with Crippen molar-refractivity contribution < 1.29 is 0 Å². The zero-order valence-corrected chi connectivity index (χ0v) is 11.2. The molecule has 0 spiro atoms. The molecule has 1 aromatic heterocycles. The largest absolute Gasteiger partial charge is 0.344 e. The summed E-state index contributed by atoms with van der Waals surface area (Å²) in [6.45, 7) is 3.18. The molecule has 2 unspecified atom stereocenters. The Morgan fingerprint density at radius 1 is 1.67 bits per heavy atom. The lowest BCUT2D eigenvalue weighted by atomic mass is 9.98. The van der Waals surface area contributed by atoms with Gasteiger partial charge in [-0.2, -0.15) is 0 Å². The molecule has 15 heavy (non-hydrogen) atoms. The van der Waals surface area contributed by atoms with Gasteiger partial charge < -0.3 is 10.6 Å². The molecular formula is C10H16BrN3S. The van der Waals surface area contributed by atoms with Gasteiger partial charge in [-0.25, -0.2) is 4.98 Å². The monoisotopic (exact) mass is 289 g/mol. The Morgan fingerprint density at radius 2 is 2.47 bits per heavy atom. The quantitative estimate of drug-likeness (QED) is 0.910. The lowest BCUT2D eigenvalue weighted by Crippen LogP contribution is -2.49. The summed E-state index contributed by atoms with van der Waals surface area (Å²) in [6, 6.07) is 0.671. The molecule has 0 saturated carbocycles. The van der Waals surface area contributed by atoms with Gasteiger partial charge >= 0.3 is 0 Å². The van der Waals surface area contributed by atoms with Gasteiger partial charge in [0.2, 0.25) is 0 Å². The molecule has 0 amide bonds. The Morgan fingerprint density at radius 3 is 3.07 bits per heavy atom. The number of hydrogen-bond acceptors (Lipinski definition) is 4. The Bertz CT molecular complexity index is 326. The zero-order chi connectivity index (χ0) is 10.8. The molecule has 1 aliphatic rings. The predicted octanol–water partition coefficient (Wildman–Crippen LogP) is 2.61. The molecule has 1 saturated heterocycles. The van der Waals surface area contributed by atoms with Gasteiger partial charge in [-0.15, -0.1) is 11.3 Å². The summed E-state index contributed by atoms with van der Waals surface area (Å²) in [5.41, 5.74) is 6.03. The van der Waals surface area contributed by atoms with Gasteiger partial charge in [0.15, 0.2) is 5.13 Å². The molecule has 2 N–H and O–H groups in total. The van der Waals surface area contributed by atoms with Gasteiger partial charge in [-0.3, -0.25) is 0 Å². The third-order valence-corrected chi connectivity index (χ3v) is 4.45. The summed E-state index contributed by atoms with van der Waals surface area (Å²) in [5.74, 6) is 0. The topological polar surface area (TPSA) is 42.1 Å². The maximum Gasteiger partial charge on any atom is 0.186 e. The van der Waals surface area contributed by atoms with E-state index in [1.54, 1.807) is 11.3 Å². The number of nitrogens with zero attached hydrogens (tertiary/aromatic N) is 2. The van der Waals surface area contributed by atoms with Crippen LogP contribution in [-0.2, 0) is 0 Å². The van der Waals surface area contributed by atoms with Crippen molar-refractivity contribution in [2.45, 2.75) is 38.3 Å². The summed E-state index contributed by atoms with van der Waals surface area (Å²) in [5, 5.41) is 3.13. The lowest BCUT2D eigenvalue weighted by Gasteiger charge is -2.37. The number of halogens is 1. The van der Waals surface area contributed by atoms with Crippen molar-refractivity contribution in [3.05, 3.63) is 9.98 Å². The van der Waals surface area contributed by atoms with Crippen LogP contribution in [0.1, 0.15) is 26.2 Å². The van der Waals surface area contributed by atoms with Crippen LogP contribution in [0.15, 0.2) is 9.98 Å². The van der Waals surface area contributed by atoms with Crippen molar-refractivity contribution in [2.75, 3.05) is 11.4 Å².